The Bertz CT molecular complexity index is 425. The van der Waals surface area contributed by atoms with Crippen LogP contribution >= 0.6 is 0 Å². The summed E-state index contributed by atoms with van der Waals surface area (Å²) in [5, 5.41) is 0. The van der Waals surface area contributed by atoms with Gasteiger partial charge in [-0.2, -0.15) is 0 Å². The molecule has 0 saturated carbocycles. The number of ether oxygens (including phenoxy) is 2. The standard InChI is InChI=1S/C12H12O5/c1-2-7-16-11(14)9-5-3-4-6-10(9)12(15)17-8-13/h3-6,8H,2,7H2,1H3. The first-order chi connectivity index (χ1) is 8.20. The molecular weight excluding hydrogens is 224 g/mol. The second-order valence-corrected chi connectivity index (χ2v) is 3.18. The van der Waals surface area contributed by atoms with Crippen LogP contribution in [0.1, 0.15) is 34.1 Å². The zero-order chi connectivity index (χ0) is 12.7. The normalized spacial score (nSPS) is 9.47. The molecular formula is C12H12O5. The third-order valence-corrected chi connectivity index (χ3v) is 1.96. The van der Waals surface area contributed by atoms with Gasteiger partial charge in [0.2, 0.25) is 0 Å². The van der Waals surface area contributed by atoms with Crippen LogP contribution in [-0.4, -0.2) is 25.0 Å². The predicted molar refractivity (Wildman–Crippen MR) is 58.5 cm³/mol. The van der Waals surface area contributed by atoms with Gasteiger partial charge < -0.3 is 9.47 Å². The van der Waals surface area contributed by atoms with Crippen LogP contribution in [0.5, 0.6) is 0 Å². The Labute approximate surface area is 98.3 Å². The third-order valence-electron chi connectivity index (χ3n) is 1.96. The van der Waals surface area contributed by atoms with Crippen LogP contribution < -0.4 is 0 Å². The molecule has 90 valence electrons. The molecule has 0 N–H and O–H groups in total. The lowest BCUT2D eigenvalue weighted by molar-refractivity contribution is -0.123. The summed E-state index contributed by atoms with van der Waals surface area (Å²) in [5.74, 6) is -1.48. The zero-order valence-corrected chi connectivity index (χ0v) is 9.34. The predicted octanol–water partition coefficient (Wildman–Crippen LogP) is 1.57. The number of hydrogen-bond donors (Lipinski definition) is 0. The van der Waals surface area contributed by atoms with Crippen molar-refractivity contribution in [3.8, 4) is 0 Å². The first-order valence-corrected chi connectivity index (χ1v) is 5.11. The fourth-order valence-electron chi connectivity index (χ4n) is 1.22. The van der Waals surface area contributed by atoms with Crippen LogP contribution in [0.2, 0.25) is 0 Å². The second-order valence-electron chi connectivity index (χ2n) is 3.18. The van der Waals surface area contributed by atoms with Crippen molar-refractivity contribution in [3.63, 3.8) is 0 Å². The zero-order valence-electron chi connectivity index (χ0n) is 9.34. The van der Waals surface area contributed by atoms with Gasteiger partial charge in [-0.25, -0.2) is 9.59 Å². The maximum atomic E-state index is 11.6. The Kier molecular flexibility index (Phi) is 4.87. The first-order valence-electron chi connectivity index (χ1n) is 5.11. The lowest BCUT2D eigenvalue weighted by Crippen LogP contribution is -2.13. The minimum atomic E-state index is -0.871. The molecule has 0 atom stereocenters. The van der Waals surface area contributed by atoms with Crippen molar-refractivity contribution in [2.24, 2.45) is 0 Å². The molecule has 0 radical (unpaired) electrons. The highest BCUT2D eigenvalue weighted by atomic mass is 16.6. The van der Waals surface area contributed by atoms with Gasteiger partial charge in [-0.15, -0.1) is 0 Å². The highest BCUT2D eigenvalue weighted by Gasteiger charge is 2.18. The van der Waals surface area contributed by atoms with E-state index in [-0.39, 0.29) is 24.2 Å². The van der Waals surface area contributed by atoms with Crippen molar-refractivity contribution in [2.75, 3.05) is 6.61 Å². The largest absolute Gasteiger partial charge is 0.462 e. The quantitative estimate of drug-likeness (QED) is 0.441. The molecule has 0 heterocycles. The number of esters is 2. The maximum Gasteiger partial charge on any atom is 0.346 e. The Morgan fingerprint density at radius 3 is 2.29 bits per heavy atom. The molecule has 0 aliphatic rings. The molecule has 5 nitrogen and oxygen atoms in total. The molecule has 0 amide bonds. The SMILES string of the molecule is CCCOC(=O)c1ccccc1C(=O)OC=O. The van der Waals surface area contributed by atoms with Gasteiger partial charge in [-0.1, -0.05) is 19.1 Å². The van der Waals surface area contributed by atoms with Crippen LogP contribution in [-0.2, 0) is 14.3 Å². The minimum absolute atomic E-state index is 0.0145. The molecule has 0 aromatic heterocycles. The van der Waals surface area contributed by atoms with E-state index in [0.29, 0.717) is 6.42 Å². The summed E-state index contributed by atoms with van der Waals surface area (Å²) in [5.41, 5.74) is 0.105. The van der Waals surface area contributed by atoms with E-state index in [0.717, 1.165) is 0 Å². The van der Waals surface area contributed by atoms with E-state index in [1.165, 1.54) is 12.1 Å². The number of carbonyl (C=O) groups excluding carboxylic acids is 3. The first kappa shape index (κ1) is 12.9. The van der Waals surface area contributed by atoms with E-state index in [1.54, 1.807) is 12.1 Å². The summed E-state index contributed by atoms with van der Waals surface area (Å²) in [7, 11) is 0. The van der Waals surface area contributed by atoms with Gasteiger partial charge in [0.05, 0.1) is 17.7 Å². The minimum Gasteiger partial charge on any atom is -0.462 e. The molecule has 0 aliphatic heterocycles. The molecule has 1 aromatic rings. The van der Waals surface area contributed by atoms with Crippen molar-refractivity contribution in [2.45, 2.75) is 13.3 Å². The Hall–Kier alpha value is -2.17. The van der Waals surface area contributed by atoms with E-state index in [9.17, 15) is 14.4 Å². The average molecular weight is 236 g/mol. The van der Waals surface area contributed by atoms with Crippen molar-refractivity contribution < 1.29 is 23.9 Å². The average Bonchev–Trinajstić information content (AvgIpc) is 2.36. The molecule has 0 aliphatic carbocycles. The lowest BCUT2D eigenvalue weighted by atomic mass is 10.1. The molecule has 1 rings (SSSR count). The van der Waals surface area contributed by atoms with Gasteiger partial charge in [-0.3, -0.25) is 4.79 Å². The monoisotopic (exact) mass is 236 g/mol. The third kappa shape index (κ3) is 3.41. The smallest absolute Gasteiger partial charge is 0.346 e. The van der Waals surface area contributed by atoms with Gasteiger partial charge in [0.15, 0.2) is 0 Å². The van der Waals surface area contributed by atoms with Crippen LogP contribution in [0.4, 0.5) is 0 Å². The molecule has 0 bridgehead atoms. The fourth-order valence-corrected chi connectivity index (χ4v) is 1.22. The molecule has 17 heavy (non-hydrogen) atoms. The fraction of sp³-hybridized carbons (Fsp3) is 0.250. The summed E-state index contributed by atoms with van der Waals surface area (Å²) in [6, 6.07) is 6.01. The van der Waals surface area contributed by atoms with E-state index in [1.807, 2.05) is 6.92 Å². The van der Waals surface area contributed by atoms with Gasteiger partial charge in [-0.05, 0) is 18.6 Å². The van der Waals surface area contributed by atoms with Gasteiger partial charge >= 0.3 is 18.4 Å². The molecule has 0 unspecified atom stereocenters. The van der Waals surface area contributed by atoms with E-state index < -0.39 is 11.9 Å². The van der Waals surface area contributed by atoms with Crippen molar-refractivity contribution >= 4 is 18.4 Å². The molecule has 5 heteroatoms. The van der Waals surface area contributed by atoms with Crippen LogP contribution in [0, 0.1) is 0 Å². The van der Waals surface area contributed by atoms with Crippen LogP contribution in [0.3, 0.4) is 0 Å². The van der Waals surface area contributed by atoms with Gasteiger partial charge in [0, 0.05) is 0 Å². The van der Waals surface area contributed by atoms with Crippen molar-refractivity contribution in [1.82, 2.24) is 0 Å². The number of carbonyl (C=O) groups is 3. The Morgan fingerprint density at radius 2 is 1.76 bits per heavy atom. The topological polar surface area (TPSA) is 69.7 Å². The molecule has 0 spiro atoms. The summed E-state index contributed by atoms with van der Waals surface area (Å²) in [6.45, 7) is 2.16. The summed E-state index contributed by atoms with van der Waals surface area (Å²) in [6.07, 6.45) is 0.687. The highest BCUT2D eigenvalue weighted by molar-refractivity contribution is 6.04. The lowest BCUT2D eigenvalue weighted by Gasteiger charge is -2.06. The number of benzene rings is 1. The van der Waals surface area contributed by atoms with Crippen LogP contribution in [0.25, 0.3) is 0 Å². The molecule has 0 saturated heterocycles. The Balaban J connectivity index is 2.94. The molecule has 0 fully saturated rings. The summed E-state index contributed by atoms with van der Waals surface area (Å²) >= 11 is 0. The van der Waals surface area contributed by atoms with Crippen LogP contribution in [0.15, 0.2) is 24.3 Å². The Morgan fingerprint density at radius 1 is 1.18 bits per heavy atom. The maximum absolute atomic E-state index is 11.6. The number of hydrogen-bond acceptors (Lipinski definition) is 5. The van der Waals surface area contributed by atoms with Gasteiger partial charge in [0.1, 0.15) is 0 Å². The number of rotatable bonds is 5. The van der Waals surface area contributed by atoms with E-state index in [4.69, 9.17) is 4.74 Å². The van der Waals surface area contributed by atoms with E-state index in [2.05, 4.69) is 4.74 Å². The summed E-state index contributed by atoms with van der Waals surface area (Å²) in [4.78, 5) is 33.1. The second kappa shape index (κ2) is 6.42. The van der Waals surface area contributed by atoms with Gasteiger partial charge in [0.25, 0.3) is 0 Å². The van der Waals surface area contributed by atoms with Crippen molar-refractivity contribution in [1.29, 1.82) is 0 Å². The molecule has 1 aromatic carbocycles. The van der Waals surface area contributed by atoms with E-state index >= 15 is 0 Å². The van der Waals surface area contributed by atoms with Crippen molar-refractivity contribution in [3.05, 3.63) is 35.4 Å². The summed E-state index contributed by atoms with van der Waals surface area (Å²) < 4.78 is 9.11. The highest BCUT2D eigenvalue weighted by Crippen LogP contribution is 2.11.